The summed E-state index contributed by atoms with van der Waals surface area (Å²) < 4.78 is 1.80. The quantitative estimate of drug-likeness (QED) is 0.297. The fourth-order valence-corrected chi connectivity index (χ4v) is 5.85. The summed E-state index contributed by atoms with van der Waals surface area (Å²) in [5.41, 5.74) is 3.44. The molecule has 0 radical (unpaired) electrons. The van der Waals surface area contributed by atoms with E-state index in [1.54, 1.807) is 27.7 Å². The molecule has 0 bridgehead atoms. The zero-order valence-corrected chi connectivity index (χ0v) is 17.6. The van der Waals surface area contributed by atoms with Gasteiger partial charge in [-0.1, -0.05) is 47.6 Å². The maximum Gasteiger partial charge on any atom is 0.263 e. The van der Waals surface area contributed by atoms with Gasteiger partial charge in [0.2, 0.25) is 0 Å². The van der Waals surface area contributed by atoms with Crippen molar-refractivity contribution < 1.29 is 0 Å². The van der Waals surface area contributed by atoms with Crippen LogP contribution in [-0.2, 0) is 25.1 Å². The van der Waals surface area contributed by atoms with Crippen molar-refractivity contribution in [2.24, 2.45) is 0 Å². The van der Waals surface area contributed by atoms with Crippen molar-refractivity contribution >= 4 is 44.9 Å². The van der Waals surface area contributed by atoms with E-state index in [2.05, 4.69) is 6.58 Å². The zero-order chi connectivity index (χ0) is 19.0. The number of benzene rings is 1. The van der Waals surface area contributed by atoms with Crippen molar-refractivity contribution in [1.82, 2.24) is 9.55 Å². The molecule has 0 saturated carbocycles. The van der Waals surface area contributed by atoms with E-state index < -0.39 is 0 Å². The number of thiophene rings is 1. The van der Waals surface area contributed by atoms with Gasteiger partial charge in [0.15, 0.2) is 5.16 Å². The van der Waals surface area contributed by atoms with Crippen LogP contribution in [0, 0.1) is 0 Å². The fraction of sp³-hybridized carbons (Fsp3) is 0.333. The molecule has 2 aromatic heterocycles. The van der Waals surface area contributed by atoms with Gasteiger partial charge in [0, 0.05) is 22.2 Å². The lowest BCUT2D eigenvalue weighted by molar-refractivity contribution is 0.649. The van der Waals surface area contributed by atoms with Gasteiger partial charge in [-0.15, -0.1) is 11.3 Å². The SMILES string of the molecule is C=C(C)Cn1c(SCc2ccc(Cl)cc2)nc2sc3c(c2c1=O)CCCC3. The minimum Gasteiger partial charge on any atom is -0.283 e. The van der Waals surface area contributed by atoms with Crippen LogP contribution in [0.25, 0.3) is 10.2 Å². The summed E-state index contributed by atoms with van der Waals surface area (Å²) in [6.07, 6.45) is 4.43. The van der Waals surface area contributed by atoms with E-state index >= 15 is 0 Å². The molecule has 1 aromatic carbocycles. The monoisotopic (exact) mass is 416 g/mol. The zero-order valence-electron chi connectivity index (χ0n) is 15.3. The maximum absolute atomic E-state index is 13.3. The lowest BCUT2D eigenvalue weighted by atomic mass is 9.97. The van der Waals surface area contributed by atoms with Crippen LogP contribution in [0.2, 0.25) is 5.02 Å². The molecular formula is C21H21ClN2OS2. The van der Waals surface area contributed by atoms with Crippen LogP contribution in [0.1, 0.15) is 35.8 Å². The Morgan fingerprint density at radius 2 is 2.04 bits per heavy atom. The molecule has 3 nitrogen and oxygen atoms in total. The molecule has 0 fully saturated rings. The number of fused-ring (bicyclic) bond motifs is 3. The molecule has 3 aromatic rings. The van der Waals surface area contributed by atoms with Crippen LogP contribution >= 0.6 is 34.7 Å². The first kappa shape index (κ1) is 18.8. The number of aromatic nitrogens is 2. The van der Waals surface area contributed by atoms with Gasteiger partial charge < -0.3 is 0 Å². The molecular weight excluding hydrogens is 396 g/mol. The molecule has 0 amide bonds. The first-order valence-corrected chi connectivity index (χ1v) is 11.3. The van der Waals surface area contributed by atoms with Crippen LogP contribution in [0.15, 0.2) is 46.4 Å². The number of hydrogen-bond donors (Lipinski definition) is 0. The molecule has 1 aliphatic carbocycles. The molecule has 6 heteroatoms. The second-order valence-corrected chi connectivity index (χ2v) is 9.51. The Morgan fingerprint density at radius 1 is 1.30 bits per heavy atom. The van der Waals surface area contributed by atoms with E-state index in [-0.39, 0.29) is 5.56 Å². The Bertz CT molecular complexity index is 1070. The highest BCUT2D eigenvalue weighted by atomic mass is 35.5. The smallest absolute Gasteiger partial charge is 0.263 e. The van der Waals surface area contributed by atoms with E-state index in [9.17, 15) is 4.79 Å². The standard InChI is InChI=1S/C21H21ClN2OS2/c1-13(2)11-24-20(25)18-16-5-3-4-6-17(16)27-19(18)23-21(24)26-12-14-7-9-15(22)10-8-14/h7-10H,1,3-6,11-12H2,2H3. The summed E-state index contributed by atoms with van der Waals surface area (Å²) >= 11 is 9.27. The Labute approximate surface area is 172 Å². The summed E-state index contributed by atoms with van der Waals surface area (Å²) in [6, 6.07) is 7.81. The molecule has 0 N–H and O–H groups in total. The van der Waals surface area contributed by atoms with Crippen molar-refractivity contribution in [3.8, 4) is 0 Å². The van der Waals surface area contributed by atoms with Gasteiger partial charge in [0.1, 0.15) is 4.83 Å². The average molecular weight is 417 g/mol. The predicted molar refractivity (Wildman–Crippen MR) is 116 cm³/mol. The number of hydrogen-bond acceptors (Lipinski definition) is 4. The van der Waals surface area contributed by atoms with Crippen LogP contribution in [0.5, 0.6) is 0 Å². The number of halogens is 1. The number of rotatable bonds is 5. The topological polar surface area (TPSA) is 34.9 Å². The average Bonchev–Trinajstić information content (AvgIpc) is 3.02. The summed E-state index contributed by atoms with van der Waals surface area (Å²) in [5, 5.41) is 2.34. The van der Waals surface area contributed by atoms with Gasteiger partial charge in [-0.25, -0.2) is 4.98 Å². The first-order chi connectivity index (χ1) is 13.0. The number of allylic oxidation sites excluding steroid dienone is 1. The normalized spacial score (nSPS) is 13.7. The third-order valence-electron chi connectivity index (χ3n) is 4.75. The Morgan fingerprint density at radius 3 is 2.78 bits per heavy atom. The molecule has 2 heterocycles. The summed E-state index contributed by atoms with van der Waals surface area (Å²) in [5.74, 6) is 0.746. The van der Waals surface area contributed by atoms with Gasteiger partial charge in [-0.05, 0) is 55.9 Å². The lowest BCUT2D eigenvalue weighted by Crippen LogP contribution is -2.24. The van der Waals surface area contributed by atoms with E-state index in [1.165, 1.54) is 16.9 Å². The fourth-order valence-electron chi connectivity index (χ4n) is 3.47. The first-order valence-electron chi connectivity index (χ1n) is 9.09. The molecule has 27 heavy (non-hydrogen) atoms. The van der Waals surface area contributed by atoms with Crippen molar-refractivity contribution in [3.05, 3.63) is 67.8 Å². The van der Waals surface area contributed by atoms with E-state index in [1.807, 2.05) is 31.2 Å². The van der Waals surface area contributed by atoms with Crippen LogP contribution in [-0.4, -0.2) is 9.55 Å². The highest BCUT2D eigenvalue weighted by Crippen LogP contribution is 2.35. The van der Waals surface area contributed by atoms with Crippen LogP contribution in [0.4, 0.5) is 0 Å². The summed E-state index contributed by atoms with van der Waals surface area (Å²) in [4.78, 5) is 20.5. The predicted octanol–water partition coefficient (Wildman–Crippen LogP) is 5.86. The van der Waals surface area contributed by atoms with Crippen molar-refractivity contribution in [1.29, 1.82) is 0 Å². The van der Waals surface area contributed by atoms with Crippen molar-refractivity contribution in [2.75, 3.05) is 0 Å². The number of aryl methyl sites for hydroxylation is 2. The second-order valence-electron chi connectivity index (χ2n) is 7.05. The molecule has 1 aliphatic rings. The highest BCUT2D eigenvalue weighted by molar-refractivity contribution is 7.98. The Hall–Kier alpha value is -1.56. The van der Waals surface area contributed by atoms with Gasteiger partial charge in [0.25, 0.3) is 5.56 Å². The Kier molecular flexibility index (Phi) is 5.44. The van der Waals surface area contributed by atoms with Gasteiger partial charge in [-0.3, -0.25) is 9.36 Å². The minimum absolute atomic E-state index is 0.0843. The molecule has 0 atom stereocenters. The highest BCUT2D eigenvalue weighted by Gasteiger charge is 2.22. The van der Waals surface area contributed by atoms with Gasteiger partial charge in [-0.2, -0.15) is 0 Å². The molecule has 0 spiro atoms. The number of thioether (sulfide) groups is 1. The summed E-state index contributed by atoms with van der Waals surface area (Å²) in [6.45, 7) is 6.47. The van der Waals surface area contributed by atoms with Crippen molar-refractivity contribution in [2.45, 2.75) is 50.1 Å². The van der Waals surface area contributed by atoms with E-state index in [0.717, 1.165) is 56.5 Å². The molecule has 0 unspecified atom stereocenters. The largest absolute Gasteiger partial charge is 0.283 e. The Balaban J connectivity index is 1.76. The van der Waals surface area contributed by atoms with Crippen LogP contribution < -0.4 is 5.56 Å². The van der Waals surface area contributed by atoms with Crippen molar-refractivity contribution in [3.63, 3.8) is 0 Å². The van der Waals surface area contributed by atoms with E-state index in [4.69, 9.17) is 16.6 Å². The molecule has 0 aliphatic heterocycles. The van der Waals surface area contributed by atoms with Gasteiger partial charge >= 0.3 is 0 Å². The minimum atomic E-state index is 0.0843. The third-order valence-corrected chi connectivity index (χ3v) is 7.23. The van der Waals surface area contributed by atoms with Crippen LogP contribution in [0.3, 0.4) is 0 Å². The second kappa shape index (κ2) is 7.82. The molecule has 140 valence electrons. The number of nitrogens with zero attached hydrogens (tertiary/aromatic N) is 2. The third kappa shape index (κ3) is 3.86. The van der Waals surface area contributed by atoms with E-state index in [0.29, 0.717) is 6.54 Å². The van der Waals surface area contributed by atoms with Gasteiger partial charge in [0.05, 0.1) is 5.39 Å². The maximum atomic E-state index is 13.3. The summed E-state index contributed by atoms with van der Waals surface area (Å²) in [7, 11) is 0. The lowest BCUT2D eigenvalue weighted by Gasteiger charge is -2.13. The molecule has 0 saturated heterocycles. The molecule has 4 rings (SSSR count).